The second-order valence-corrected chi connectivity index (χ2v) is 7.28. The summed E-state index contributed by atoms with van der Waals surface area (Å²) in [6, 6.07) is 0. The van der Waals surface area contributed by atoms with E-state index in [9.17, 15) is 8.42 Å². The van der Waals surface area contributed by atoms with Crippen LogP contribution in [0.25, 0.3) is 0 Å². The molecule has 0 aromatic heterocycles. The molecule has 0 aliphatic carbocycles. The average Bonchev–Trinajstić information content (AvgIpc) is 2.10. The molecule has 0 fully saturated rings. The van der Waals surface area contributed by atoms with Gasteiger partial charge >= 0.3 is 0 Å². The van der Waals surface area contributed by atoms with Crippen LogP contribution in [0.1, 0.15) is 40.5 Å². The molecule has 1 N–H and O–H groups in total. The van der Waals surface area contributed by atoms with E-state index in [0.29, 0.717) is 6.54 Å². The van der Waals surface area contributed by atoms with Crippen LogP contribution >= 0.6 is 0 Å². The van der Waals surface area contributed by atoms with Crippen molar-refractivity contribution in [2.24, 2.45) is 0 Å². The standard InChI is InChI=1S/C10H23NO3S/c1-5-6-7-11(8-9-12)15(13,14)10(2,3)4/h12H,5-9H2,1-4H3. The van der Waals surface area contributed by atoms with Crippen LogP contribution in [0.3, 0.4) is 0 Å². The Kier molecular flexibility index (Phi) is 5.77. The van der Waals surface area contributed by atoms with Crippen LogP contribution in [0.5, 0.6) is 0 Å². The fourth-order valence-electron chi connectivity index (χ4n) is 1.19. The molecule has 0 radical (unpaired) electrons. The van der Waals surface area contributed by atoms with E-state index in [-0.39, 0.29) is 13.2 Å². The lowest BCUT2D eigenvalue weighted by molar-refractivity contribution is 0.250. The highest BCUT2D eigenvalue weighted by Crippen LogP contribution is 2.20. The van der Waals surface area contributed by atoms with E-state index in [1.807, 2.05) is 6.92 Å². The Balaban J connectivity index is 4.75. The first-order valence-corrected chi connectivity index (χ1v) is 6.82. The fraction of sp³-hybridized carbons (Fsp3) is 1.00. The van der Waals surface area contributed by atoms with Crippen molar-refractivity contribution in [2.75, 3.05) is 19.7 Å². The third-order valence-corrected chi connectivity index (χ3v) is 4.82. The van der Waals surface area contributed by atoms with Gasteiger partial charge in [-0.2, -0.15) is 4.31 Å². The molecule has 0 aliphatic rings. The SMILES string of the molecule is CCCCN(CCO)S(=O)(=O)C(C)(C)C. The van der Waals surface area contributed by atoms with Crippen molar-refractivity contribution in [3.8, 4) is 0 Å². The van der Waals surface area contributed by atoms with Crippen molar-refractivity contribution in [1.29, 1.82) is 0 Å². The van der Waals surface area contributed by atoms with Gasteiger partial charge in [-0.15, -0.1) is 0 Å². The van der Waals surface area contributed by atoms with Gasteiger partial charge in [-0.25, -0.2) is 8.42 Å². The van der Waals surface area contributed by atoms with E-state index in [2.05, 4.69) is 0 Å². The van der Waals surface area contributed by atoms with Crippen LogP contribution in [0.4, 0.5) is 0 Å². The van der Waals surface area contributed by atoms with Gasteiger partial charge in [0, 0.05) is 13.1 Å². The Labute approximate surface area is 93.3 Å². The summed E-state index contributed by atoms with van der Waals surface area (Å²) in [6.45, 7) is 7.62. The van der Waals surface area contributed by atoms with E-state index in [0.717, 1.165) is 12.8 Å². The van der Waals surface area contributed by atoms with E-state index >= 15 is 0 Å². The Morgan fingerprint density at radius 3 is 2.07 bits per heavy atom. The van der Waals surface area contributed by atoms with E-state index in [4.69, 9.17) is 5.11 Å². The van der Waals surface area contributed by atoms with Gasteiger partial charge in [0.15, 0.2) is 0 Å². The second-order valence-electron chi connectivity index (χ2n) is 4.59. The number of sulfonamides is 1. The number of hydrogen-bond acceptors (Lipinski definition) is 3. The number of aliphatic hydroxyl groups excluding tert-OH is 1. The Bertz CT molecular complexity index is 267. The summed E-state index contributed by atoms with van der Waals surface area (Å²) in [5, 5.41) is 8.86. The Morgan fingerprint density at radius 2 is 1.73 bits per heavy atom. The van der Waals surface area contributed by atoms with E-state index in [1.54, 1.807) is 20.8 Å². The molecule has 0 saturated heterocycles. The summed E-state index contributed by atoms with van der Waals surface area (Å²) >= 11 is 0. The van der Waals surface area contributed by atoms with Gasteiger partial charge < -0.3 is 5.11 Å². The highest BCUT2D eigenvalue weighted by Gasteiger charge is 2.34. The third kappa shape index (κ3) is 4.09. The third-order valence-electron chi connectivity index (χ3n) is 2.22. The number of rotatable bonds is 6. The van der Waals surface area contributed by atoms with Gasteiger partial charge in [0.05, 0.1) is 11.4 Å². The van der Waals surface area contributed by atoms with E-state index < -0.39 is 14.8 Å². The number of unbranched alkanes of at least 4 members (excludes halogenated alkanes) is 1. The average molecular weight is 237 g/mol. The zero-order valence-electron chi connectivity index (χ0n) is 10.2. The quantitative estimate of drug-likeness (QED) is 0.755. The largest absolute Gasteiger partial charge is 0.395 e. The van der Waals surface area contributed by atoms with Crippen LogP contribution < -0.4 is 0 Å². The molecular formula is C10H23NO3S. The minimum absolute atomic E-state index is 0.126. The zero-order chi connectivity index (χ0) is 12.1. The molecule has 0 rings (SSSR count). The molecular weight excluding hydrogens is 214 g/mol. The first kappa shape index (κ1) is 14.9. The van der Waals surface area contributed by atoms with E-state index in [1.165, 1.54) is 4.31 Å². The Morgan fingerprint density at radius 1 is 1.20 bits per heavy atom. The molecule has 0 aromatic rings. The van der Waals surface area contributed by atoms with Crippen molar-refractivity contribution < 1.29 is 13.5 Å². The van der Waals surface area contributed by atoms with Gasteiger partial charge in [-0.05, 0) is 27.2 Å². The number of hydrogen-bond donors (Lipinski definition) is 1. The summed E-state index contributed by atoms with van der Waals surface area (Å²) in [5.74, 6) is 0. The first-order chi connectivity index (χ1) is 6.77. The second kappa shape index (κ2) is 5.82. The molecule has 0 atom stereocenters. The van der Waals surface area contributed by atoms with Gasteiger partial charge in [-0.3, -0.25) is 0 Å². The highest BCUT2D eigenvalue weighted by atomic mass is 32.2. The normalized spacial score (nSPS) is 13.5. The lowest BCUT2D eigenvalue weighted by atomic mass is 10.3. The van der Waals surface area contributed by atoms with Gasteiger partial charge in [0.2, 0.25) is 10.0 Å². The minimum atomic E-state index is -3.30. The maximum Gasteiger partial charge on any atom is 0.219 e. The monoisotopic (exact) mass is 237 g/mol. The lowest BCUT2D eigenvalue weighted by Gasteiger charge is -2.29. The van der Waals surface area contributed by atoms with Crippen LogP contribution in [0.15, 0.2) is 0 Å². The molecule has 0 aromatic carbocycles. The smallest absolute Gasteiger partial charge is 0.219 e. The topological polar surface area (TPSA) is 57.6 Å². The van der Waals surface area contributed by atoms with Gasteiger partial charge in [0.1, 0.15) is 0 Å². The summed E-state index contributed by atoms with van der Waals surface area (Å²) in [6.07, 6.45) is 1.77. The predicted octanol–water partition coefficient (Wildman–Crippen LogP) is 1.21. The van der Waals surface area contributed by atoms with Crippen LogP contribution in [-0.2, 0) is 10.0 Å². The molecule has 0 bridgehead atoms. The van der Waals surface area contributed by atoms with Crippen molar-refractivity contribution in [3.63, 3.8) is 0 Å². The van der Waals surface area contributed by atoms with Crippen LogP contribution in [0.2, 0.25) is 0 Å². The molecule has 0 aliphatic heterocycles. The molecule has 0 heterocycles. The summed E-state index contributed by atoms with van der Waals surface area (Å²) in [4.78, 5) is 0. The van der Waals surface area contributed by atoms with Crippen LogP contribution in [0, 0.1) is 0 Å². The van der Waals surface area contributed by atoms with Crippen molar-refractivity contribution in [3.05, 3.63) is 0 Å². The number of nitrogens with zero attached hydrogens (tertiary/aromatic N) is 1. The molecule has 4 nitrogen and oxygen atoms in total. The Hall–Kier alpha value is -0.130. The van der Waals surface area contributed by atoms with Crippen molar-refractivity contribution >= 4 is 10.0 Å². The van der Waals surface area contributed by atoms with Gasteiger partial charge in [0.25, 0.3) is 0 Å². The molecule has 15 heavy (non-hydrogen) atoms. The fourth-order valence-corrected chi connectivity index (χ4v) is 2.65. The summed E-state index contributed by atoms with van der Waals surface area (Å²) < 4.78 is 24.7. The zero-order valence-corrected chi connectivity index (χ0v) is 11.0. The molecule has 0 saturated carbocycles. The summed E-state index contributed by atoms with van der Waals surface area (Å²) in [5.41, 5.74) is 0. The molecule has 0 spiro atoms. The van der Waals surface area contributed by atoms with Crippen molar-refractivity contribution in [1.82, 2.24) is 4.31 Å². The first-order valence-electron chi connectivity index (χ1n) is 5.38. The molecule has 92 valence electrons. The molecule has 0 amide bonds. The summed E-state index contributed by atoms with van der Waals surface area (Å²) in [7, 11) is -3.30. The highest BCUT2D eigenvalue weighted by molar-refractivity contribution is 7.90. The number of aliphatic hydroxyl groups is 1. The molecule has 5 heteroatoms. The van der Waals surface area contributed by atoms with Crippen molar-refractivity contribution in [2.45, 2.75) is 45.3 Å². The predicted molar refractivity (Wildman–Crippen MR) is 62.2 cm³/mol. The maximum atomic E-state index is 12.1. The minimum Gasteiger partial charge on any atom is -0.395 e. The lowest BCUT2D eigenvalue weighted by Crippen LogP contribution is -2.44. The molecule has 0 unspecified atom stereocenters. The van der Waals surface area contributed by atoms with Crippen LogP contribution in [-0.4, -0.2) is 42.3 Å². The van der Waals surface area contributed by atoms with Gasteiger partial charge in [-0.1, -0.05) is 13.3 Å². The maximum absolute atomic E-state index is 12.1.